The maximum atomic E-state index is 10.8. The van der Waals surface area contributed by atoms with E-state index in [-0.39, 0.29) is 11.3 Å². The fourth-order valence-corrected chi connectivity index (χ4v) is 2.15. The molecule has 0 aliphatic carbocycles. The zero-order valence-electron chi connectivity index (χ0n) is 8.83. The molecule has 0 fully saturated rings. The number of carbonyl (C=O) groups is 1. The van der Waals surface area contributed by atoms with Crippen molar-refractivity contribution in [3.63, 3.8) is 0 Å². The third-order valence-corrected chi connectivity index (χ3v) is 3.05. The summed E-state index contributed by atoms with van der Waals surface area (Å²) in [6, 6.07) is 10.5. The number of nitrogens with zero attached hydrogens (tertiary/aromatic N) is 1. The van der Waals surface area contributed by atoms with Crippen molar-refractivity contribution in [3.8, 4) is 0 Å². The Bertz CT molecular complexity index is 543. The highest BCUT2D eigenvalue weighted by Gasteiger charge is 2.08. The molecule has 2 aromatic rings. The molecule has 0 atom stereocenters. The number of benzene rings is 1. The van der Waals surface area contributed by atoms with Gasteiger partial charge in [-0.1, -0.05) is 17.8 Å². The number of carboxylic acids is 1. The average Bonchev–Trinajstić information content (AvgIpc) is 2.30. The van der Waals surface area contributed by atoms with Crippen LogP contribution in [0.25, 0.3) is 0 Å². The zero-order chi connectivity index (χ0) is 12.3. The molecular weight excluding hydrogens is 236 g/mol. The van der Waals surface area contributed by atoms with E-state index in [4.69, 9.17) is 10.8 Å². The minimum atomic E-state index is -1.02. The van der Waals surface area contributed by atoms with Crippen LogP contribution in [0.1, 0.15) is 10.4 Å². The van der Waals surface area contributed by atoms with Crippen molar-refractivity contribution in [2.24, 2.45) is 0 Å². The lowest BCUT2D eigenvalue weighted by atomic mass is 10.2. The highest BCUT2D eigenvalue weighted by atomic mass is 32.2. The van der Waals surface area contributed by atoms with Gasteiger partial charge in [0.2, 0.25) is 0 Å². The lowest BCUT2D eigenvalue weighted by Gasteiger charge is -2.04. The minimum Gasteiger partial charge on any atom is -0.478 e. The Hall–Kier alpha value is -2.01. The first-order valence-corrected chi connectivity index (χ1v) is 5.70. The van der Waals surface area contributed by atoms with Crippen LogP contribution >= 0.6 is 11.8 Å². The van der Waals surface area contributed by atoms with E-state index in [1.165, 1.54) is 17.8 Å². The molecule has 0 amide bonds. The van der Waals surface area contributed by atoms with Crippen LogP contribution in [0.15, 0.2) is 52.5 Å². The molecule has 86 valence electrons. The van der Waals surface area contributed by atoms with E-state index in [0.29, 0.717) is 0 Å². The van der Waals surface area contributed by atoms with Crippen molar-refractivity contribution in [1.82, 2.24) is 4.98 Å². The molecule has 17 heavy (non-hydrogen) atoms. The third kappa shape index (κ3) is 2.76. The molecular formula is C12H10N2O2S. The molecule has 1 aromatic carbocycles. The molecule has 3 N–H and O–H groups in total. The summed E-state index contributed by atoms with van der Waals surface area (Å²) in [5.74, 6) is -1.02. The van der Waals surface area contributed by atoms with Gasteiger partial charge in [-0.25, -0.2) is 9.78 Å². The number of aromatic nitrogens is 1. The van der Waals surface area contributed by atoms with Gasteiger partial charge in [0.25, 0.3) is 0 Å². The second-order valence-corrected chi connectivity index (χ2v) is 4.42. The first-order chi connectivity index (χ1) is 8.16. The molecule has 0 aliphatic heterocycles. The number of aromatic carboxylic acids is 1. The van der Waals surface area contributed by atoms with E-state index in [1.807, 2.05) is 18.2 Å². The van der Waals surface area contributed by atoms with Crippen LogP contribution in [0.2, 0.25) is 0 Å². The second-order valence-electron chi connectivity index (χ2n) is 3.32. The molecule has 0 saturated carbocycles. The minimum absolute atomic E-state index is 0.121. The van der Waals surface area contributed by atoms with Gasteiger partial charge >= 0.3 is 5.97 Å². The highest BCUT2D eigenvalue weighted by molar-refractivity contribution is 7.99. The van der Waals surface area contributed by atoms with Crippen molar-refractivity contribution in [2.75, 3.05) is 5.73 Å². The molecule has 0 saturated heterocycles. The van der Waals surface area contributed by atoms with Gasteiger partial charge in [-0.05, 0) is 30.3 Å². The summed E-state index contributed by atoms with van der Waals surface area (Å²) in [6.07, 6.45) is 1.71. The summed E-state index contributed by atoms with van der Waals surface area (Å²) in [5, 5.41) is 9.69. The van der Waals surface area contributed by atoms with Gasteiger partial charge < -0.3 is 10.8 Å². The summed E-state index contributed by atoms with van der Waals surface area (Å²) >= 11 is 1.44. The Morgan fingerprint density at radius 3 is 2.71 bits per heavy atom. The number of hydrogen-bond donors (Lipinski definition) is 2. The smallest absolute Gasteiger partial charge is 0.337 e. The summed E-state index contributed by atoms with van der Waals surface area (Å²) in [6.45, 7) is 0. The van der Waals surface area contributed by atoms with Crippen molar-refractivity contribution < 1.29 is 9.90 Å². The number of anilines is 1. The number of hydrogen-bond acceptors (Lipinski definition) is 4. The van der Waals surface area contributed by atoms with Crippen LogP contribution < -0.4 is 5.73 Å². The molecule has 1 aromatic heterocycles. The molecule has 4 nitrogen and oxygen atoms in total. The van der Waals surface area contributed by atoms with Crippen molar-refractivity contribution in [3.05, 3.63) is 48.2 Å². The van der Waals surface area contributed by atoms with Gasteiger partial charge in [0.1, 0.15) is 5.03 Å². The largest absolute Gasteiger partial charge is 0.478 e. The molecule has 0 radical (unpaired) electrons. The Kier molecular flexibility index (Phi) is 3.30. The van der Waals surface area contributed by atoms with Crippen LogP contribution in [-0.4, -0.2) is 16.1 Å². The maximum absolute atomic E-state index is 10.8. The van der Waals surface area contributed by atoms with Crippen molar-refractivity contribution >= 4 is 23.4 Å². The van der Waals surface area contributed by atoms with Crippen molar-refractivity contribution in [1.29, 1.82) is 0 Å². The van der Waals surface area contributed by atoms with E-state index >= 15 is 0 Å². The Balaban J connectivity index is 2.24. The van der Waals surface area contributed by atoms with E-state index < -0.39 is 5.97 Å². The van der Waals surface area contributed by atoms with Crippen LogP contribution in [0, 0.1) is 0 Å². The summed E-state index contributed by atoms with van der Waals surface area (Å²) in [4.78, 5) is 15.8. The lowest BCUT2D eigenvalue weighted by Crippen LogP contribution is -2.01. The highest BCUT2D eigenvalue weighted by Crippen LogP contribution is 2.28. The molecule has 0 spiro atoms. The molecule has 5 heteroatoms. The predicted octanol–water partition coefficient (Wildman–Crippen LogP) is 2.51. The predicted molar refractivity (Wildman–Crippen MR) is 66.2 cm³/mol. The number of pyridine rings is 1. The Labute approximate surface area is 102 Å². The van der Waals surface area contributed by atoms with Gasteiger partial charge in [0.05, 0.1) is 5.56 Å². The normalized spacial score (nSPS) is 10.1. The fraction of sp³-hybridized carbons (Fsp3) is 0. The van der Waals surface area contributed by atoms with Gasteiger partial charge in [-0.3, -0.25) is 0 Å². The van der Waals surface area contributed by atoms with E-state index in [2.05, 4.69) is 4.98 Å². The number of nitrogens with two attached hydrogens (primary N) is 1. The number of carboxylic acid groups (broad SMARTS) is 1. The van der Waals surface area contributed by atoms with E-state index in [9.17, 15) is 4.79 Å². The topological polar surface area (TPSA) is 76.2 Å². The Morgan fingerprint density at radius 1 is 1.29 bits per heavy atom. The van der Waals surface area contributed by atoms with E-state index in [0.717, 1.165) is 9.92 Å². The summed E-state index contributed by atoms with van der Waals surface area (Å²) < 4.78 is 0. The molecule has 0 unspecified atom stereocenters. The SMILES string of the molecule is Nc1cc(Sc2ccccn2)ccc1C(=O)O. The average molecular weight is 246 g/mol. The molecule has 2 rings (SSSR count). The number of rotatable bonds is 3. The standard InChI is InChI=1S/C12H10N2O2S/c13-10-7-8(4-5-9(10)12(15)16)17-11-3-1-2-6-14-11/h1-7H,13H2,(H,15,16). The molecule has 0 aliphatic rings. The van der Waals surface area contributed by atoms with Crippen LogP contribution in [0.5, 0.6) is 0 Å². The Morgan fingerprint density at radius 2 is 2.12 bits per heavy atom. The first kappa shape index (κ1) is 11.5. The fourth-order valence-electron chi connectivity index (χ4n) is 1.33. The van der Waals surface area contributed by atoms with Crippen LogP contribution in [-0.2, 0) is 0 Å². The van der Waals surface area contributed by atoms with E-state index in [1.54, 1.807) is 18.3 Å². The van der Waals surface area contributed by atoms with Gasteiger partial charge in [0, 0.05) is 16.8 Å². The van der Waals surface area contributed by atoms with Gasteiger partial charge in [-0.2, -0.15) is 0 Å². The van der Waals surface area contributed by atoms with Crippen LogP contribution in [0.3, 0.4) is 0 Å². The zero-order valence-corrected chi connectivity index (χ0v) is 9.65. The monoisotopic (exact) mass is 246 g/mol. The second kappa shape index (κ2) is 4.88. The number of nitrogen functional groups attached to an aromatic ring is 1. The summed E-state index contributed by atoms with van der Waals surface area (Å²) in [7, 11) is 0. The maximum Gasteiger partial charge on any atom is 0.337 e. The lowest BCUT2D eigenvalue weighted by molar-refractivity contribution is 0.0698. The molecule has 1 heterocycles. The first-order valence-electron chi connectivity index (χ1n) is 4.88. The molecule has 0 bridgehead atoms. The third-order valence-electron chi connectivity index (χ3n) is 2.11. The van der Waals surface area contributed by atoms with Crippen LogP contribution in [0.4, 0.5) is 5.69 Å². The van der Waals surface area contributed by atoms with Crippen molar-refractivity contribution in [2.45, 2.75) is 9.92 Å². The van der Waals surface area contributed by atoms with Gasteiger partial charge in [-0.15, -0.1) is 0 Å². The van der Waals surface area contributed by atoms with Gasteiger partial charge in [0.15, 0.2) is 0 Å². The quantitative estimate of drug-likeness (QED) is 0.814. The summed E-state index contributed by atoms with van der Waals surface area (Å²) in [5.41, 5.74) is 6.04.